The van der Waals surface area contributed by atoms with E-state index in [1.54, 1.807) is 0 Å². The number of guanidine groups is 1. The number of nitrogens with one attached hydrogen (secondary N) is 2. The van der Waals surface area contributed by atoms with Crippen molar-refractivity contribution in [1.82, 2.24) is 10.6 Å². The van der Waals surface area contributed by atoms with Crippen LogP contribution in [0.1, 0.15) is 70.6 Å². The molecule has 116 valence electrons. The second kappa shape index (κ2) is 9.22. The lowest BCUT2D eigenvalue weighted by Gasteiger charge is -2.29. The lowest BCUT2D eigenvalue weighted by molar-refractivity contribution is 0.388. The lowest BCUT2D eigenvalue weighted by Crippen LogP contribution is -2.48. The maximum Gasteiger partial charge on any atom is 0.191 e. The summed E-state index contributed by atoms with van der Waals surface area (Å²) in [6.07, 6.45) is 14.4. The van der Waals surface area contributed by atoms with Gasteiger partial charge in [-0.25, -0.2) is 0 Å². The van der Waals surface area contributed by atoms with Crippen LogP contribution in [0.2, 0.25) is 0 Å². The Kier molecular flexibility index (Phi) is 7.20. The summed E-state index contributed by atoms with van der Waals surface area (Å²) in [6.45, 7) is 1.56. The number of rotatable bonds is 5. The van der Waals surface area contributed by atoms with Crippen LogP contribution in [0.25, 0.3) is 0 Å². The average Bonchev–Trinajstić information content (AvgIpc) is 2.49. The molecule has 2 saturated carbocycles. The van der Waals surface area contributed by atoms with Crippen LogP contribution in [0.5, 0.6) is 0 Å². The van der Waals surface area contributed by atoms with E-state index in [0.717, 1.165) is 25.5 Å². The number of hydrogen-bond acceptors (Lipinski definition) is 2. The molecule has 4 nitrogen and oxygen atoms in total. The molecule has 0 bridgehead atoms. The summed E-state index contributed by atoms with van der Waals surface area (Å²) in [7, 11) is 0. The highest BCUT2D eigenvalue weighted by Crippen LogP contribution is 2.19. The minimum absolute atomic E-state index is 0.622. The van der Waals surface area contributed by atoms with Gasteiger partial charge < -0.3 is 16.4 Å². The molecule has 0 unspecified atom stereocenters. The van der Waals surface area contributed by atoms with Gasteiger partial charge >= 0.3 is 0 Å². The monoisotopic (exact) mass is 280 g/mol. The van der Waals surface area contributed by atoms with Crippen LogP contribution in [0.3, 0.4) is 0 Å². The first-order valence-electron chi connectivity index (χ1n) is 8.66. The zero-order valence-electron chi connectivity index (χ0n) is 12.9. The van der Waals surface area contributed by atoms with Crippen molar-refractivity contribution in [1.29, 1.82) is 0 Å². The zero-order chi connectivity index (χ0) is 14.0. The summed E-state index contributed by atoms with van der Waals surface area (Å²) in [5.41, 5.74) is 5.57. The van der Waals surface area contributed by atoms with Crippen molar-refractivity contribution in [2.24, 2.45) is 10.7 Å². The highest BCUT2D eigenvalue weighted by molar-refractivity contribution is 5.80. The molecule has 0 aliphatic heterocycles. The third-order valence-corrected chi connectivity index (χ3v) is 4.52. The van der Waals surface area contributed by atoms with Gasteiger partial charge in [-0.15, -0.1) is 0 Å². The average molecular weight is 280 g/mol. The van der Waals surface area contributed by atoms with Crippen molar-refractivity contribution in [2.75, 3.05) is 13.1 Å². The van der Waals surface area contributed by atoms with Crippen molar-refractivity contribution >= 4 is 5.96 Å². The molecule has 0 atom stereocenters. The maximum absolute atomic E-state index is 5.57. The fraction of sp³-hybridized carbons (Fsp3) is 0.938. The third-order valence-electron chi connectivity index (χ3n) is 4.52. The van der Waals surface area contributed by atoms with E-state index in [2.05, 4.69) is 10.6 Å². The quantitative estimate of drug-likeness (QED) is 0.412. The Hall–Kier alpha value is -0.770. The van der Waals surface area contributed by atoms with E-state index >= 15 is 0 Å². The summed E-state index contributed by atoms with van der Waals surface area (Å²) in [6, 6.07) is 1.24. The molecule has 0 saturated heterocycles. The molecule has 0 aromatic rings. The van der Waals surface area contributed by atoms with Crippen LogP contribution in [0.4, 0.5) is 0 Å². The van der Waals surface area contributed by atoms with E-state index in [9.17, 15) is 0 Å². The topological polar surface area (TPSA) is 62.4 Å². The van der Waals surface area contributed by atoms with E-state index in [1.807, 2.05) is 0 Å². The molecule has 0 aromatic heterocycles. The van der Waals surface area contributed by atoms with Crippen LogP contribution >= 0.6 is 0 Å². The van der Waals surface area contributed by atoms with E-state index in [4.69, 9.17) is 10.7 Å². The van der Waals surface area contributed by atoms with E-state index in [-0.39, 0.29) is 0 Å². The molecule has 20 heavy (non-hydrogen) atoms. The first-order chi connectivity index (χ1) is 9.88. The fourth-order valence-corrected chi connectivity index (χ4v) is 3.30. The molecule has 2 rings (SSSR count). The Bertz CT molecular complexity index is 256. The first kappa shape index (κ1) is 15.6. The molecule has 0 spiro atoms. The molecular weight excluding hydrogens is 248 g/mol. The van der Waals surface area contributed by atoms with Gasteiger partial charge in [-0.1, -0.05) is 38.5 Å². The summed E-state index contributed by atoms with van der Waals surface area (Å²) in [4.78, 5) is 4.72. The van der Waals surface area contributed by atoms with E-state index in [1.165, 1.54) is 64.2 Å². The Morgan fingerprint density at radius 1 is 0.850 bits per heavy atom. The third kappa shape index (κ3) is 5.70. The zero-order valence-corrected chi connectivity index (χ0v) is 12.9. The Morgan fingerprint density at radius 3 is 1.80 bits per heavy atom. The van der Waals surface area contributed by atoms with Gasteiger partial charge in [-0.05, 0) is 38.6 Å². The van der Waals surface area contributed by atoms with Gasteiger partial charge in [0.05, 0.1) is 0 Å². The van der Waals surface area contributed by atoms with Crippen molar-refractivity contribution in [3.05, 3.63) is 0 Å². The van der Waals surface area contributed by atoms with Gasteiger partial charge in [0.15, 0.2) is 5.96 Å². The molecule has 2 aliphatic rings. The van der Waals surface area contributed by atoms with Gasteiger partial charge in [-0.3, -0.25) is 4.99 Å². The second-order valence-electron chi connectivity index (χ2n) is 6.33. The molecule has 0 aromatic carbocycles. The summed E-state index contributed by atoms with van der Waals surface area (Å²) in [5.74, 6) is 1.04. The maximum atomic E-state index is 5.57. The lowest BCUT2D eigenvalue weighted by atomic mass is 9.95. The minimum atomic E-state index is 0.622. The predicted octanol–water partition coefficient (Wildman–Crippen LogP) is 2.54. The van der Waals surface area contributed by atoms with Crippen LogP contribution in [-0.2, 0) is 0 Å². The number of nitrogens with zero attached hydrogens (tertiary/aromatic N) is 1. The van der Waals surface area contributed by atoms with Crippen molar-refractivity contribution in [3.63, 3.8) is 0 Å². The van der Waals surface area contributed by atoms with Crippen LogP contribution in [0, 0.1) is 0 Å². The Morgan fingerprint density at radius 2 is 1.35 bits per heavy atom. The molecular formula is C16H32N4. The highest BCUT2D eigenvalue weighted by atomic mass is 15.2. The Labute approximate surface area is 124 Å². The van der Waals surface area contributed by atoms with Crippen LogP contribution in [-0.4, -0.2) is 31.1 Å². The molecule has 2 aliphatic carbocycles. The molecule has 4 heteroatoms. The number of nitrogens with two attached hydrogens (primary N) is 1. The van der Waals surface area contributed by atoms with Crippen molar-refractivity contribution in [2.45, 2.75) is 82.7 Å². The predicted molar refractivity (Wildman–Crippen MR) is 86.0 cm³/mol. The summed E-state index contributed by atoms with van der Waals surface area (Å²) in [5, 5.41) is 7.32. The molecule has 0 amide bonds. The summed E-state index contributed by atoms with van der Waals surface area (Å²) >= 11 is 0. The number of hydrogen-bond donors (Lipinski definition) is 3. The molecule has 0 heterocycles. The van der Waals surface area contributed by atoms with Crippen molar-refractivity contribution < 1.29 is 0 Å². The van der Waals surface area contributed by atoms with E-state index in [0.29, 0.717) is 12.1 Å². The van der Waals surface area contributed by atoms with Gasteiger partial charge in [0, 0.05) is 18.6 Å². The smallest absolute Gasteiger partial charge is 0.191 e. The summed E-state index contributed by atoms with van der Waals surface area (Å²) < 4.78 is 0. The fourth-order valence-electron chi connectivity index (χ4n) is 3.30. The highest BCUT2D eigenvalue weighted by Gasteiger charge is 2.18. The van der Waals surface area contributed by atoms with Gasteiger partial charge in [-0.2, -0.15) is 0 Å². The SMILES string of the molecule is NCCCN=C(NC1CCCCC1)NC1CCCCC1. The van der Waals surface area contributed by atoms with Crippen molar-refractivity contribution in [3.8, 4) is 0 Å². The molecule has 4 N–H and O–H groups in total. The standard InChI is InChI=1S/C16H32N4/c17-12-7-13-18-16(19-14-8-3-1-4-9-14)20-15-10-5-2-6-11-15/h14-15H,1-13,17H2,(H2,18,19,20). The molecule has 0 radical (unpaired) electrons. The molecule has 2 fully saturated rings. The van der Waals surface area contributed by atoms with Gasteiger partial charge in [0.1, 0.15) is 0 Å². The normalized spacial score (nSPS) is 21.4. The minimum Gasteiger partial charge on any atom is -0.354 e. The van der Waals surface area contributed by atoms with Gasteiger partial charge in [0.2, 0.25) is 0 Å². The van der Waals surface area contributed by atoms with E-state index < -0.39 is 0 Å². The first-order valence-corrected chi connectivity index (χ1v) is 8.66. The largest absolute Gasteiger partial charge is 0.354 e. The van der Waals surface area contributed by atoms with Crippen LogP contribution in [0.15, 0.2) is 4.99 Å². The van der Waals surface area contributed by atoms with Crippen LogP contribution < -0.4 is 16.4 Å². The van der Waals surface area contributed by atoms with Gasteiger partial charge in [0.25, 0.3) is 0 Å². The Balaban J connectivity index is 1.83. The second-order valence-corrected chi connectivity index (χ2v) is 6.33. The number of aliphatic imine (C=N–C) groups is 1.